The first-order chi connectivity index (χ1) is 23.3. The minimum Gasteiger partial charge on any atom is -0.744 e. The normalized spacial score (nSPS) is 12.1. The third-order valence-electron chi connectivity index (χ3n) is 8.91. The van der Waals surface area contributed by atoms with Crippen molar-refractivity contribution in [2.24, 2.45) is 7.05 Å². The van der Waals surface area contributed by atoms with E-state index in [1.807, 2.05) is 6.07 Å². The summed E-state index contributed by atoms with van der Waals surface area (Å²) in [5.74, 6) is 0. The van der Waals surface area contributed by atoms with Crippen LogP contribution in [0.4, 0.5) is 0 Å². The van der Waals surface area contributed by atoms with Crippen LogP contribution in [-0.2, 0) is 23.6 Å². The monoisotopic (exact) mass is 662 g/mol. The summed E-state index contributed by atoms with van der Waals surface area (Å²) in [5, 5.41) is 3.64. The Morgan fingerprint density at radius 3 is 2.29 bits per heavy atom. The predicted octanol–water partition coefficient (Wildman–Crippen LogP) is 9.13. The van der Waals surface area contributed by atoms with Crippen LogP contribution >= 0.6 is 11.3 Å². The molecule has 0 N–H and O–H groups in total. The summed E-state index contributed by atoms with van der Waals surface area (Å²) >= 11 is 1.79. The molecule has 0 atom stereocenters. The van der Waals surface area contributed by atoms with Crippen LogP contribution in [0.3, 0.4) is 0 Å². The summed E-state index contributed by atoms with van der Waals surface area (Å²) in [6.45, 7) is 0. The maximum atomic E-state index is 11.4. The molecule has 234 valence electrons. The number of aryl methyl sites for hydroxylation is 1. The van der Waals surface area contributed by atoms with E-state index in [1.54, 1.807) is 23.5 Å². The first-order valence-corrected chi connectivity index (χ1v) is 17.9. The topological polar surface area (TPSA) is 65.5 Å². The molecule has 0 radical (unpaired) electrons. The van der Waals surface area contributed by atoms with E-state index in [9.17, 15) is 13.0 Å². The third kappa shape index (κ3) is 5.42. The molecule has 0 bridgehead atoms. The number of hydrogen-bond acceptors (Lipinski definition) is 4. The van der Waals surface area contributed by atoms with Gasteiger partial charge in [0.05, 0.1) is 21.5 Å². The summed E-state index contributed by atoms with van der Waals surface area (Å²) in [5.41, 5.74) is 9.95. The van der Waals surface area contributed by atoms with Gasteiger partial charge in [0.15, 0.2) is 0 Å². The van der Waals surface area contributed by atoms with Gasteiger partial charge in [0.25, 0.3) is 5.01 Å². The molecule has 5 nitrogen and oxygen atoms in total. The van der Waals surface area contributed by atoms with Gasteiger partial charge in [0.1, 0.15) is 21.9 Å². The van der Waals surface area contributed by atoms with Gasteiger partial charge in [0.2, 0.25) is 5.52 Å². The van der Waals surface area contributed by atoms with E-state index in [2.05, 4.69) is 137 Å². The van der Waals surface area contributed by atoms with Crippen LogP contribution in [0.25, 0.3) is 60.9 Å². The molecule has 0 saturated heterocycles. The third-order valence-corrected chi connectivity index (χ3v) is 10.9. The zero-order chi connectivity index (χ0) is 32.8. The molecule has 8 aromatic rings. The number of benzene rings is 5. The minimum atomic E-state index is -4.48. The van der Waals surface area contributed by atoms with Crippen LogP contribution in [-0.4, -0.2) is 17.4 Å². The van der Waals surface area contributed by atoms with E-state index in [1.165, 1.54) is 33.1 Å². The lowest BCUT2D eigenvalue weighted by atomic mass is 9.93. The van der Waals surface area contributed by atoms with Gasteiger partial charge in [-0.3, -0.25) is 0 Å². The molecular weight excluding hydrogens is 633 g/mol. The lowest BCUT2D eigenvalue weighted by molar-refractivity contribution is -0.641. The highest BCUT2D eigenvalue weighted by Crippen LogP contribution is 2.42. The van der Waals surface area contributed by atoms with E-state index in [-0.39, 0.29) is 4.90 Å². The molecule has 0 aliphatic rings. The summed E-state index contributed by atoms with van der Waals surface area (Å²) < 4.78 is 40.1. The first-order valence-electron chi connectivity index (χ1n) is 15.7. The van der Waals surface area contributed by atoms with Crippen molar-refractivity contribution in [3.63, 3.8) is 0 Å². The van der Waals surface area contributed by atoms with Crippen molar-refractivity contribution in [3.05, 3.63) is 161 Å². The van der Waals surface area contributed by atoms with Crippen molar-refractivity contribution < 1.29 is 17.5 Å². The molecule has 3 aromatic heterocycles. The van der Waals surface area contributed by atoms with Crippen LogP contribution in [0.2, 0.25) is 0 Å². The maximum Gasteiger partial charge on any atom is 0.262 e. The average molecular weight is 663 g/mol. The Kier molecular flexibility index (Phi) is 7.53. The number of rotatable bonds is 7. The fraction of sp³-hybridized carbons (Fsp3) is 0.0488. The highest BCUT2D eigenvalue weighted by molar-refractivity contribution is 7.85. The van der Waals surface area contributed by atoms with Gasteiger partial charge in [-0.25, -0.2) is 8.42 Å². The molecule has 0 amide bonds. The van der Waals surface area contributed by atoms with Crippen LogP contribution in [0.15, 0.2) is 145 Å². The summed E-state index contributed by atoms with van der Waals surface area (Å²) in [6, 6.07) is 44.5. The van der Waals surface area contributed by atoms with Gasteiger partial charge in [0, 0.05) is 23.4 Å². The summed E-state index contributed by atoms with van der Waals surface area (Å²) in [7, 11) is -2.34. The first kappa shape index (κ1) is 30.0. The number of fused-ring (bicyclic) bond motifs is 4. The largest absolute Gasteiger partial charge is 0.744 e. The smallest absolute Gasteiger partial charge is 0.262 e. The van der Waals surface area contributed by atoms with E-state index in [0.29, 0.717) is 6.42 Å². The van der Waals surface area contributed by atoms with E-state index in [4.69, 9.17) is 0 Å². The molecule has 0 spiro atoms. The quantitative estimate of drug-likeness (QED) is 0.126. The van der Waals surface area contributed by atoms with Gasteiger partial charge in [-0.2, -0.15) is 4.57 Å². The molecule has 0 aliphatic heterocycles. The Morgan fingerprint density at radius 2 is 1.48 bits per heavy atom. The van der Waals surface area contributed by atoms with Crippen LogP contribution < -0.4 is 4.57 Å². The molecule has 0 aliphatic carbocycles. The lowest BCUT2D eigenvalue weighted by Crippen LogP contribution is -2.29. The number of aromatic nitrogens is 2. The zero-order valence-electron chi connectivity index (χ0n) is 26.1. The minimum absolute atomic E-state index is 0.217. The molecule has 0 fully saturated rings. The van der Waals surface area contributed by atoms with E-state index < -0.39 is 10.1 Å². The fourth-order valence-corrected chi connectivity index (χ4v) is 8.22. The van der Waals surface area contributed by atoms with Crippen molar-refractivity contribution in [3.8, 4) is 22.3 Å². The number of nitrogens with zero attached hydrogens (tertiary/aromatic N) is 2. The summed E-state index contributed by atoms with van der Waals surface area (Å²) in [6.07, 6.45) is 7.19. The summed E-state index contributed by atoms with van der Waals surface area (Å²) in [4.78, 5) is -0.217. The Balaban J connectivity index is 1.27. The number of pyridine rings is 1. The van der Waals surface area contributed by atoms with Crippen molar-refractivity contribution in [1.29, 1.82) is 0 Å². The standard InChI is InChI=1S/C41H30N2O3S2/c1-42-38(47-37-23-19-30-11-5-6-15-34(30)41(37)42)24-22-36-39(31-12-3-2-4-13-31)40(35-16-7-8-25-43(35)36)32-14-9-10-29(27-32)26-28-17-20-33(21-18-28)48(44,45)46/h2-25,27H,26H2,1H3. The van der Waals surface area contributed by atoms with Gasteiger partial charge >= 0.3 is 0 Å². The van der Waals surface area contributed by atoms with E-state index in [0.717, 1.165) is 49.6 Å². The fourth-order valence-electron chi connectivity index (χ4n) is 6.68. The Hall–Kier alpha value is -5.34. The van der Waals surface area contributed by atoms with Gasteiger partial charge in [-0.15, -0.1) is 0 Å². The van der Waals surface area contributed by atoms with Crippen molar-refractivity contribution >= 4 is 60.1 Å². The highest BCUT2D eigenvalue weighted by atomic mass is 32.2. The molecule has 48 heavy (non-hydrogen) atoms. The van der Waals surface area contributed by atoms with Gasteiger partial charge in [-0.1, -0.05) is 108 Å². The molecule has 7 heteroatoms. The number of thiazole rings is 1. The van der Waals surface area contributed by atoms with Crippen molar-refractivity contribution in [2.45, 2.75) is 11.3 Å². The average Bonchev–Trinajstić information content (AvgIpc) is 3.62. The van der Waals surface area contributed by atoms with Gasteiger partial charge < -0.3 is 8.95 Å². The Labute approximate surface area is 283 Å². The second kappa shape index (κ2) is 12.0. The molecule has 0 unspecified atom stereocenters. The van der Waals surface area contributed by atoms with Crippen molar-refractivity contribution in [2.75, 3.05) is 0 Å². The second-order valence-electron chi connectivity index (χ2n) is 11.9. The highest BCUT2D eigenvalue weighted by Gasteiger charge is 2.22. The molecule has 3 heterocycles. The van der Waals surface area contributed by atoms with Crippen LogP contribution in [0.1, 0.15) is 21.8 Å². The van der Waals surface area contributed by atoms with Crippen molar-refractivity contribution in [1.82, 2.24) is 4.40 Å². The Bertz CT molecular complexity index is 2620. The zero-order valence-corrected chi connectivity index (χ0v) is 27.7. The predicted molar refractivity (Wildman–Crippen MR) is 195 cm³/mol. The van der Waals surface area contributed by atoms with Gasteiger partial charge in [-0.05, 0) is 76.5 Å². The van der Waals surface area contributed by atoms with Crippen LogP contribution in [0.5, 0.6) is 0 Å². The van der Waals surface area contributed by atoms with E-state index >= 15 is 0 Å². The maximum absolute atomic E-state index is 11.4. The lowest BCUT2D eigenvalue weighted by Gasteiger charge is -2.10. The Morgan fingerprint density at radius 1 is 0.729 bits per heavy atom. The molecular formula is C41H30N2O3S2. The second-order valence-corrected chi connectivity index (χ2v) is 14.3. The number of hydrogen-bond donors (Lipinski definition) is 0. The molecule has 8 rings (SSSR count). The van der Waals surface area contributed by atoms with Crippen LogP contribution in [0, 0.1) is 0 Å². The molecule has 5 aromatic carbocycles. The SMILES string of the molecule is C[n+]1c(/C=C/c2c(-c3ccccc3)c(-c3cccc(Cc4ccc(S(=O)(=O)[O-])cc4)c3)c3ccccn23)sc2ccc3ccccc3c21. The molecule has 0 saturated carbocycles.